The van der Waals surface area contributed by atoms with Gasteiger partial charge < -0.3 is 9.84 Å². The predicted octanol–water partition coefficient (Wildman–Crippen LogP) is 2.16. The number of pyridine rings is 1. The summed E-state index contributed by atoms with van der Waals surface area (Å²) in [5.41, 5.74) is 0.469. The molecule has 3 heterocycles. The van der Waals surface area contributed by atoms with Gasteiger partial charge in [0.05, 0.1) is 6.54 Å². The van der Waals surface area contributed by atoms with Crippen LogP contribution in [0.3, 0.4) is 0 Å². The van der Waals surface area contributed by atoms with E-state index in [4.69, 9.17) is 4.52 Å². The second-order valence-electron chi connectivity index (χ2n) is 6.87. The fourth-order valence-corrected chi connectivity index (χ4v) is 4.05. The number of likely N-dealkylation sites (tertiary alicyclic amines) is 1. The van der Waals surface area contributed by atoms with Crippen LogP contribution in [-0.4, -0.2) is 44.6 Å². The van der Waals surface area contributed by atoms with E-state index in [2.05, 4.69) is 25.3 Å². The third kappa shape index (κ3) is 3.16. The zero-order valence-electron chi connectivity index (χ0n) is 14.3. The summed E-state index contributed by atoms with van der Waals surface area (Å²) in [5, 5.41) is 7.00. The molecule has 2 aromatic heterocycles. The molecule has 2 fully saturated rings. The van der Waals surface area contributed by atoms with Crippen molar-refractivity contribution in [3.05, 3.63) is 30.4 Å². The molecule has 132 valence electrons. The van der Waals surface area contributed by atoms with Crippen LogP contribution in [0.15, 0.2) is 29.0 Å². The molecule has 0 radical (unpaired) electrons. The van der Waals surface area contributed by atoms with Gasteiger partial charge in [-0.3, -0.25) is 14.7 Å². The summed E-state index contributed by atoms with van der Waals surface area (Å²) >= 11 is 0. The van der Waals surface area contributed by atoms with Crippen molar-refractivity contribution in [2.24, 2.45) is 0 Å². The van der Waals surface area contributed by atoms with E-state index in [9.17, 15) is 4.79 Å². The quantitative estimate of drug-likeness (QED) is 0.897. The van der Waals surface area contributed by atoms with E-state index in [0.717, 1.165) is 44.3 Å². The van der Waals surface area contributed by atoms with Crippen molar-refractivity contribution in [1.82, 2.24) is 25.3 Å². The first-order valence-electron chi connectivity index (χ1n) is 9.04. The monoisotopic (exact) mass is 341 g/mol. The van der Waals surface area contributed by atoms with Crippen LogP contribution in [0.4, 0.5) is 0 Å². The van der Waals surface area contributed by atoms with Crippen LogP contribution in [0.2, 0.25) is 0 Å². The first-order chi connectivity index (χ1) is 12.3. The molecule has 1 aliphatic carbocycles. The molecule has 25 heavy (non-hydrogen) atoms. The molecule has 7 nitrogen and oxygen atoms in total. The summed E-state index contributed by atoms with van der Waals surface area (Å²) in [5.74, 6) is 1.02. The Bertz CT molecular complexity index is 718. The second-order valence-corrected chi connectivity index (χ2v) is 6.87. The molecule has 0 unspecified atom stereocenters. The minimum atomic E-state index is -0.331. The Morgan fingerprint density at radius 3 is 2.76 bits per heavy atom. The average molecular weight is 341 g/mol. The molecule has 2 aliphatic rings. The number of rotatable bonds is 5. The molecule has 0 spiro atoms. The van der Waals surface area contributed by atoms with Crippen molar-refractivity contribution in [2.75, 3.05) is 13.1 Å². The minimum absolute atomic E-state index is 0.105. The van der Waals surface area contributed by atoms with Crippen molar-refractivity contribution in [3.8, 4) is 11.4 Å². The normalized spacial score (nSPS) is 20.0. The fourth-order valence-electron chi connectivity index (χ4n) is 4.05. The highest BCUT2D eigenvalue weighted by molar-refractivity contribution is 5.86. The number of nitrogens with one attached hydrogen (secondary N) is 1. The number of amides is 1. The van der Waals surface area contributed by atoms with E-state index in [1.54, 1.807) is 12.4 Å². The molecular formula is C18H23N5O2. The number of aromatic nitrogens is 3. The lowest BCUT2D eigenvalue weighted by Gasteiger charge is -2.37. The maximum atomic E-state index is 13.0. The third-order valence-electron chi connectivity index (χ3n) is 5.35. The molecule has 0 aromatic carbocycles. The largest absolute Gasteiger partial charge is 0.345 e. The van der Waals surface area contributed by atoms with E-state index in [-0.39, 0.29) is 18.0 Å². The third-order valence-corrected chi connectivity index (χ3v) is 5.35. The highest BCUT2D eigenvalue weighted by Crippen LogP contribution is 2.37. The second kappa shape index (κ2) is 6.92. The Labute approximate surface area is 146 Å². The number of nitrogens with zero attached hydrogens (tertiary/aromatic N) is 4. The minimum Gasteiger partial charge on any atom is -0.345 e. The van der Waals surface area contributed by atoms with Crippen LogP contribution < -0.4 is 5.32 Å². The van der Waals surface area contributed by atoms with Crippen molar-refractivity contribution in [2.45, 2.75) is 50.6 Å². The molecule has 1 saturated heterocycles. The van der Waals surface area contributed by atoms with Gasteiger partial charge in [-0.25, -0.2) is 0 Å². The van der Waals surface area contributed by atoms with Crippen molar-refractivity contribution < 1.29 is 9.32 Å². The van der Waals surface area contributed by atoms with Gasteiger partial charge in [0.15, 0.2) is 0 Å². The molecular weight excluding hydrogens is 318 g/mol. The highest BCUT2D eigenvalue weighted by atomic mass is 16.5. The van der Waals surface area contributed by atoms with Crippen LogP contribution in [0.5, 0.6) is 0 Å². The van der Waals surface area contributed by atoms with Gasteiger partial charge in [0.25, 0.3) is 0 Å². The van der Waals surface area contributed by atoms with Crippen LogP contribution in [-0.2, 0) is 11.3 Å². The van der Waals surface area contributed by atoms with Gasteiger partial charge in [-0.1, -0.05) is 18.0 Å². The van der Waals surface area contributed by atoms with Crippen molar-refractivity contribution >= 4 is 5.91 Å². The lowest BCUT2D eigenvalue weighted by molar-refractivity contribution is -0.133. The molecule has 7 heteroatoms. The Morgan fingerprint density at radius 2 is 2.04 bits per heavy atom. The lowest BCUT2D eigenvalue weighted by atomic mass is 9.94. The molecule has 2 aromatic rings. The van der Waals surface area contributed by atoms with Gasteiger partial charge in [0.2, 0.25) is 17.6 Å². The number of carbonyl (C=O) groups is 1. The topological polar surface area (TPSA) is 84.2 Å². The maximum Gasteiger partial charge on any atom is 0.246 e. The van der Waals surface area contributed by atoms with E-state index < -0.39 is 0 Å². The van der Waals surface area contributed by atoms with Gasteiger partial charge in [-0.05, 0) is 50.9 Å². The van der Waals surface area contributed by atoms with Gasteiger partial charge in [-0.2, -0.15) is 4.98 Å². The number of carbonyl (C=O) groups excluding carboxylic acids is 1. The summed E-state index contributed by atoms with van der Waals surface area (Å²) in [6.07, 6.45) is 9.90. The first-order valence-corrected chi connectivity index (χ1v) is 9.04. The number of hydrogen-bond acceptors (Lipinski definition) is 6. The molecule has 0 bridgehead atoms. The average Bonchev–Trinajstić information content (AvgIpc) is 3.42. The standard InChI is InChI=1S/C18H23N5O2/c24-17(18(7-1-2-8-18)23-10-3-4-11-23)20-13-15-21-16(22-25-15)14-6-5-9-19-12-14/h5-6,9,12H,1-4,7-8,10-11,13H2,(H,20,24). The summed E-state index contributed by atoms with van der Waals surface area (Å²) in [6.45, 7) is 2.32. The van der Waals surface area contributed by atoms with Crippen LogP contribution >= 0.6 is 0 Å². The van der Waals surface area contributed by atoms with E-state index in [0.29, 0.717) is 11.7 Å². The van der Waals surface area contributed by atoms with E-state index >= 15 is 0 Å². The summed E-state index contributed by atoms with van der Waals surface area (Å²) in [4.78, 5) is 23.7. The molecule has 1 saturated carbocycles. The summed E-state index contributed by atoms with van der Waals surface area (Å²) in [7, 11) is 0. The zero-order chi connectivity index (χ0) is 17.1. The molecule has 1 N–H and O–H groups in total. The van der Waals surface area contributed by atoms with Gasteiger partial charge in [0, 0.05) is 18.0 Å². The van der Waals surface area contributed by atoms with Crippen LogP contribution in [0.1, 0.15) is 44.4 Å². The van der Waals surface area contributed by atoms with Crippen molar-refractivity contribution in [3.63, 3.8) is 0 Å². The van der Waals surface area contributed by atoms with Gasteiger partial charge >= 0.3 is 0 Å². The van der Waals surface area contributed by atoms with Crippen LogP contribution in [0, 0.1) is 0 Å². The van der Waals surface area contributed by atoms with E-state index in [1.807, 2.05) is 12.1 Å². The lowest BCUT2D eigenvalue weighted by Crippen LogP contribution is -2.56. The van der Waals surface area contributed by atoms with Gasteiger partial charge in [0.1, 0.15) is 5.54 Å². The Morgan fingerprint density at radius 1 is 1.24 bits per heavy atom. The number of hydrogen-bond donors (Lipinski definition) is 1. The molecule has 1 amide bonds. The first kappa shape index (κ1) is 16.2. The molecule has 4 rings (SSSR count). The molecule has 0 atom stereocenters. The smallest absolute Gasteiger partial charge is 0.246 e. The zero-order valence-corrected chi connectivity index (χ0v) is 14.3. The predicted molar refractivity (Wildman–Crippen MR) is 91.4 cm³/mol. The summed E-state index contributed by atoms with van der Waals surface area (Å²) < 4.78 is 5.27. The maximum absolute atomic E-state index is 13.0. The highest BCUT2D eigenvalue weighted by Gasteiger charge is 2.46. The van der Waals surface area contributed by atoms with Crippen LogP contribution in [0.25, 0.3) is 11.4 Å². The Kier molecular flexibility index (Phi) is 4.48. The Hall–Kier alpha value is -2.28. The molecule has 1 aliphatic heterocycles. The van der Waals surface area contributed by atoms with Gasteiger partial charge in [-0.15, -0.1) is 0 Å². The Balaban J connectivity index is 1.42. The fraction of sp³-hybridized carbons (Fsp3) is 0.556. The summed E-state index contributed by atoms with van der Waals surface area (Å²) in [6, 6.07) is 3.70. The van der Waals surface area contributed by atoms with Crippen molar-refractivity contribution in [1.29, 1.82) is 0 Å². The van der Waals surface area contributed by atoms with E-state index in [1.165, 1.54) is 12.8 Å². The SMILES string of the molecule is O=C(NCc1nc(-c2cccnc2)no1)C1(N2CCCC2)CCCC1.